The average molecular weight is 262 g/mol. The van der Waals surface area contributed by atoms with Gasteiger partial charge in [0, 0.05) is 5.56 Å². The molecule has 0 aliphatic heterocycles. The molecule has 4 heteroatoms. The molecule has 3 atom stereocenters. The Bertz CT molecular complexity index is 453. The lowest BCUT2D eigenvalue weighted by atomic mass is 9.96. The van der Waals surface area contributed by atoms with Gasteiger partial charge in [0.1, 0.15) is 11.5 Å². The van der Waals surface area contributed by atoms with Crippen LogP contribution in [0.4, 0.5) is 0 Å². The molecule has 0 bridgehead atoms. The van der Waals surface area contributed by atoms with Gasteiger partial charge in [-0.1, -0.05) is 6.42 Å². The molecule has 2 fully saturated rings. The van der Waals surface area contributed by atoms with Crippen LogP contribution in [0.1, 0.15) is 30.9 Å². The average Bonchev–Trinajstić information content (AvgIpc) is 2.92. The molecule has 0 spiro atoms. The maximum absolute atomic E-state index is 5.82. The first-order chi connectivity index (χ1) is 9.30. The second-order valence-electron chi connectivity index (χ2n) is 5.59. The summed E-state index contributed by atoms with van der Waals surface area (Å²) in [6.07, 6.45) is 4.07. The number of benzene rings is 1. The van der Waals surface area contributed by atoms with E-state index in [1.54, 1.807) is 14.2 Å². The van der Waals surface area contributed by atoms with E-state index >= 15 is 0 Å². The predicted octanol–water partition coefficient (Wildman–Crippen LogP) is 2.25. The highest BCUT2D eigenvalue weighted by molar-refractivity contribution is 5.43. The number of hydrogen-bond acceptors (Lipinski definition) is 4. The molecular weight excluding hydrogens is 240 g/mol. The van der Waals surface area contributed by atoms with Gasteiger partial charge in [-0.25, -0.2) is 0 Å². The lowest BCUT2D eigenvalue weighted by Gasteiger charge is -2.21. The largest absolute Gasteiger partial charge is 0.497 e. The van der Waals surface area contributed by atoms with E-state index in [4.69, 9.17) is 15.3 Å². The van der Waals surface area contributed by atoms with Crippen LogP contribution in [0, 0.1) is 17.8 Å². The fourth-order valence-corrected chi connectivity index (χ4v) is 3.86. The SMILES string of the molecule is COc1ccc(OC)c(C(NN)C2C3CCCC32)c1. The van der Waals surface area contributed by atoms with Crippen LogP contribution in [0.2, 0.25) is 0 Å². The second kappa shape index (κ2) is 5.02. The Morgan fingerprint density at radius 3 is 2.53 bits per heavy atom. The Balaban J connectivity index is 1.90. The second-order valence-corrected chi connectivity index (χ2v) is 5.59. The molecule has 0 saturated heterocycles. The number of hydrogen-bond donors (Lipinski definition) is 2. The molecule has 3 unspecified atom stereocenters. The lowest BCUT2D eigenvalue weighted by Crippen LogP contribution is -2.31. The minimum absolute atomic E-state index is 0.167. The maximum atomic E-state index is 5.82. The van der Waals surface area contributed by atoms with Gasteiger partial charge in [0.05, 0.1) is 20.3 Å². The lowest BCUT2D eigenvalue weighted by molar-refractivity contribution is 0.371. The van der Waals surface area contributed by atoms with E-state index in [0.717, 1.165) is 28.9 Å². The van der Waals surface area contributed by atoms with E-state index in [-0.39, 0.29) is 6.04 Å². The number of methoxy groups -OCH3 is 2. The summed E-state index contributed by atoms with van der Waals surface area (Å²) in [5, 5.41) is 0. The zero-order valence-electron chi connectivity index (χ0n) is 11.6. The van der Waals surface area contributed by atoms with Crippen LogP contribution < -0.4 is 20.7 Å². The van der Waals surface area contributed by atoms with Crippen molar-refractivity contribution < 1.29 is 9.47 Å². The predicted molar refractivity (Wildman–Crippen MR) is 73.9 cm³/mol. The van der Waals surface area contributed by atoms with Crippen molar-refractivity contribution in [2.75, 3.05) is 14.2 Å². The molecule has 0 amide bonds. The van der Waals surface area contributed by atoms with Crippen LogP contribution in [0.25, 0.3) is 0 Å². The summed E-state index contributed by atoms with van der Waals surface area (Å²) in [4.78, 5) is 0. The highest BCUT2D eigenvalue weighted by Gasteiger charge is 2.56. The number of hydrazine groups is 1. The summed E-state index contributed by atoms with van der Waals surface area (Å²) in [5.41, 5.74) is 4.11. The molecule has 2 aliphatic carbocycles. The third kappa shape index (κ3) is 2.09. The van der Waals surface area contributed by atoms with Gasteiger partial charge in [-0.3, -0.25) is 11.3 Å². The van der Waals surface area contributed by atoms with E-state index < -0.39 is 0 Å². The molecule has 4 nitrogen and oxygen atoms in total. The summed E-state index contributed by atoms with van der Waals surface area (Å²) in [6.45, 7) is 0. The van der Waals surface area contributed by atoms with Crippen molar-refractivity contribution in [3.63, 3.8) is 0 Å². The summed E-state index contributed by atoms with van der Waals surface area (Å²) in [7, 11) is 3.38. The Labute approximate surface area is 114 Å². The zero-order valence-corrected chi connectivity index (χ0v) is 11.6. The molecule has 0 heterocycles. The van der Waals surface area contributed by atoms with Crippen molar-refractivity contribution in [1.29, 1.82) is 0 Å². The fourth-order valence-electron chi connectivity index (χ4n) is 3.86. The summed E-state index contributed by atoms with van der Waals surface area (Å²) >= 11 is 0. The minimum atomic E-state index is 0.167. The van der Waals surface area contributed by atoms with Gasteiger partial charge in [0.25, 0.3) is 0 Å². The number of nitrogens with one attached hydrogen (secondary N) is 1. The van der Waals surface area contributed by atoms with Crippen LogP contribution in [0.5, 0.6) is 11.5 Å². The highest BCUT2D eigenvalue weighted by Crippen LogP contribution is 2.62. The first-order valence-corrected chi connectivity index (χ1v) is 6.98. The van der Waals surface area contributed by atoms with Gasteiger partial charge in [-0.2, -0.15) is 0 Å². The molecule has 104 valence electrons. The maximum Gasteiger partial charge on any atom is 0.123 e. The highest BCUT2D eigenvalue weighted by atomic mass is 16.5. The Kier molecular flexibility index (Phi) is 3.37. The van der Waals surface area contributed by atoms with Crippen molar-refractivity contribution in [2.24, 2.45) is 23.6 Å². The van der Waals surface area contributed by atoms with Gasteiger partial charge < -0.3 is 9.47 Å². The molecule has 0 radical (unpaired) electrons. The van der Waals surface area contributed by atoms with E-state index in [0.29, 0.717) is 5.92 Å². The first kappa shape index (κ1) is 12.8. The summed E-state index contributed by atoms with van der Waals surface area (Å²) < 4.78 is 10.8. The molecule has 1 aromatic carbocycles. The van der Waals surface area contributed by atoms with Crippen LogP contribution in [0.15, 0.2) is 18.2 Å². The topological polar surface area (TPSA) is 56.5 Å². The molecule has 0 aromatic heterocycles. The quantitative estimate of drug-likeness (QED) is 0.631. The number of ether oxygens (including phenoxy) is 2. The number of nitrogens with two attached hydrogens (primary N) is 1. The molecular formula is C15H22N2O2. The van der Waals surface area contributed by atoms with Crippen molar-refractivity contribution in [3.8, 4) is 11.5 Å². The van der Waals surface area contributed by atoms with Gasteiger partial charge in [-0.15, -0.1) is 0 Å². The van der Waals surface area contributed by atoms with E-state index in [9.17, 15) is 0 Å². The third-order valence-corrected chi connectivity index (χ3v) is 4.81. The number of fused-ring (bicyclic) bond motifs is 1. The molecule has 2 aliphatic rings. The van der Waals surface area contributed by atoms with E-state index in [2.05, 4.69) is 5.43 Å². The molecule has 2 saturated carbocycles. The Morgan fingerprint density at radius 1 is 1.21 bits per heavy atom. The monoisotopic (exact) mass is 262 g/mol. The number of rotatable bonds is 5. The molecule has 3 N–H and O–H groups in total. The van der Waals surface area contributed by atoms with Crippen LogP contribution in [-0.2, 0) is 0 Å². The first-order valence-electron chi connectivity index (χ1n) is 6.98. The molecule has 3 rings (SSSR count). The Morgan fingerprint density at radius 2 is 1.95 bits per heavy atom. The van der Waals surface area contributed by atoms with Gasteiger partial charge in [0.15, 0.2) is 0 Å². The van der Waals surface area contributed by atoms with Crippen molar-refractivity contribution in [3.05, 3.63) is 23.8 Å². The van der Waals surface area contributed by atoms with E-state index in [1.807, 2.05) is 18.2 Å². The molecule has 19 heavy (non-hydrogen) atoms. The smallest absolute Gasteiger partial charge is 0.123 e. The van der Waals surface area contributed by atoms with E-state index in [1.165, 1.54) is 19.3 Å². The van der Waals surface area contributed by atoms with Crippen LogP contribution in [-0.4, -0.2) is 14.2 Å². The van der Waals surface area contributed by atoms with Gasteiger partial charge in [0.2, 0.25) is 0 Å². The molecule has 1 aromatic rings. The van der Waals surface area contributed by atoms with Gasteiger partial charge in [-0.05, 0) is 48.8 Å². The van der Waals surface area contributed by atoms with Gasteiger partial charge >= 0.3 is 0 Å². The third-order valence-electron chi connectivity index (χ3n) is 4.81. The normalized spacial score (nSPS) is 29.7. The minimum Gasteiger partial charge on any atom is -0.497 e. The van der Waals surface area contributed by atoms with Crippen LogP contribution in [0.3, 0.4) is 0 Å². The standard InChI is InChI=1S/C15H22N2O2/c1-18-9-6-7-13(19-2)12(8-9)15(17-16)14-10-4-3-5-11(10)14/h6-8,10-11,14-15,17H,3-5,16H2,1-2H3. The fraction of sp³-hybridized carbons (Fsp3) is 0.600. The van der Waals surface area contributed by atoms with Crippen LogP contribution >= 0.6 is 0 Å². The Hall–Kier alpha value is -1.26. The van der Waals surface area contributed by atoms with Crippen molar-refractivity contribution in [1.82, 2.24) is 5.43 Å². The summed E-state index contributed by atoms with van der Waals surface area (Å²) in [6, 6.07) is 6.08. The zero-order chi connectivity index (χ0) is 13.4. The summed E-state index contributed by atoms with van der Waals surface area (Å²) in [5.74, 6) is 9.89. The van der Waals surface area contributed by atoms with Crippen molar-refractivity contribution >= 4 is 0 Å². The van der Waals surface area contributed by atoms with Crippen molar-refractivity contribution in [2.45, 2.75) is 25.3 Å².